The molecule has 1 saturated heterocycles. The lowest BCUT2D eigenvalue weighted by molar-refractivity contribution is 0.588. The molecular weight excluding hydrogens is 404 g/mol. The molecule has 1 fully saturated rings. The summed E-state index contributed by atoms with van der Waals surface area (Å²) in [6, 6.07) is 11.2. The van der Waals surface area contributed by atoms with Crippen molar-refractivity contribution in [1.29, 1.82) is 0 Å². The lowest BCUT2D eigenvalue weighted by atomic mass is 10.1. The van der Waals surface area contributed by atoms with Crippen LogP contribution in [0.3, 0.4) is 0 Å². The molecule has 0 saturated carbocycles. The lowest BCUT2D eigenvalue weighted by Gasteiger charge is -2.28. The number of anilines is 1. The van der Waals surface area contributed by atoms with Gasteiger partial charge in [0.15, 0.2) is 5.82 Å². The molecular formula is C23H24N8O. The van der Waals surface area contributed by atoms with Gasteiger partial charge >= 0.3 is 0 Å². The summed E-state index contributed by atoms with van der Waals surface area (Å²) in [7, 11) is 1.85. The summed E-state index contributed by atoms with van der Waals surface area (Å²) < 4.78 is 3.18. The number of nitrogens with zero attached hydrogens (tertiary/aromatic N) is 7. The molecule has 32 heavy (non-hydrogen) atoms. The molecule has 0 radical (unpaired) electrons. The molecule has 0 atom stereocenters. The topological polar surface area (TPSA) is 93.8 Å². The van der Waals surface area contributed by atoms with Crippen LogP contribution in [0, 0.1) is 0 Å². The molecule has 1 aromatic carbocycles. The van der Waals surface area contributed by atoms with Gasteiger partial charge in [-0.05, 0) is 17.7 Å². The smallest absolute Gasteiger partial charge is 0.267 e. The van der Waals surface area contributed by atoms with Crippen LogP contribution in [0.15, 0.2) is 66.0 Å². The van der Waals surface area contributed by atoms with E-state index < -0.39 is 0 Å². The van der Waals surface area contributed by atoms with Crippen molar-refractivity contribution in [1.82, 2.24) is 34.8 Å². The van der Waals surface area contributed by atoms with Gasteiger partial charge in [-0.1, -0.05) is 18.2 Å². The van der Waals surface area contributed by atoms with Gasteiger partial charge in [0.05, 0.1) is 36.5 Å². The zero-order valence-corrected chi connectivity index (χ0v) is 17.8. The maximum absolute atomic E-state index is 12.4. The van der Waals surface area contributed by atoms with E-state index in [9.17, 15) is 4.79 Å². The Morgan fingerprint density at radius 1 is 1.00 bits per heavy atom. The Kier molecular flexibility index (Phi) is 5.47. The molecule has 5 rings (SSSR count). The normalized spacial score (nSPS) is 14.0. The number of hydrogen-bond donors (Lipinski definition) is 1. The maximum atomic E-state index is 12.4. The third-order valence-corrected chi connectivity index (χ3v) is 5.51. The summed E-state index contributed by atoms with van der Waals surface area (Å²) in [5.41, 5.74) is 4.32. The van der Waals surface area contributed by atoms with Crippen LogP contribution in [0.1, 0.15) is 5.56 Å². The van der Waals surface area contributed by atoms with Gasteiger partial charge in [-0.3, -0.25) is 9.48 Å². The molecule has 0 unspecified atom stereocenters. The third kappa shape index (κ3) is 4.28. The van der Waals surface area contributed by atoms with E-state index >= 15 is 0 Å². The summed E-state index contributed by atoms with van der Waals surface area (Å²) >= 11 is 0. The van der Waals surface area contributed by atoms with E-state index in [2.05, 4.69) is 30.4 Å². The van der Waals surface area contributed by atoms with Crippen LogP contribution in [0.2, 0.25) is 0 Å². The van der Waals surface area contributed by atoms with Gasteiger partial charge in [-0.15, -0.1) is 0 Å². The number of benzene rings is 1. The van der Waals surface area contributed by atoms with Crippen LogP contribution in [0.5, 0.6) is 0 Å². The van der Waals surface area contributed by atoms with Gasteiger partial charge in [0.2, 0.25) is 0 Å². The predicted molar refractivity (Wildman–Crippen MR) is 122 cm³/mol. The first kappa shape index (κ1) is 20.1. The highest BCUT2D eigenvalue weighted by Gasteiger charge is 2.12. The minimum Gasteiger partial charge on any atom is -0.366 e. The second kappa shape index (κ2) is 8.72. The zero-order valence-electron chi connectivity index (χ0n) is 17.8. The Hall–Kier alpha value is -3.85. The SMILES string of the molecule is Cn1cc(-c2ccc(=O)n(Cc3cccc(-c4ncc(N5CCNCC5)cn4)c3)n2)cn1. The van der Waals surface area contributed by atoms with Crippen molar-refractivity contribution < 1.29 is 0 Å². The monoisotopic (exact) mass is 428 g/mol. The summed E-state index contributed by atoms with van der Waals surface area (Å²) in [6.45, 7) is 4.22. The number of aromatic nitrogens is 6. The van der Waals surface area contributed by atoms with Crippen molar-refractivity contribution in [3.05, 3.63) is 77.1 Å². The van der Waals surface area contributed by atoms with Gasteiger partial charge in [0.1, 0.15) is 0 Å². The molecule has 4 heterocycles. The second-order valence-electron chi connectivity index (χ2n) is 7.82. The average molecular weight is 429 g/mol. The van der Waals surface area contributed by atoms with Gasteiger partial charge in [-0.2, -0.15) is 10.2 Å². The predicted octanol–water partition coefficient (Wildman–Crippen LogP) is 1.56. The van der Waals surface area contributed by atoms with Crippen molar-refractivity contribution in [2.75, 3.05) is 31.1 Å². The number of nitrogens with one attached hydrogen (secondary N) is 1. The van der Waals surface area contributed by atoms with Crippen molar-refractivity contribution >= 4 is 5.69 Å². The van der Waals surface area contributed by atoms with Gasteiger partial charge in [-0.25, -0.2) is 14.6 Å². The molecule has 3 aromatic heterocycles. The minimum absolute atomic E-state index is 0.153. The van der Waals surface area contributed by atoms with Crippen LogP contribution in [0.25, 0.3) is 22.6 Å². The van der Waals surface area contributed by atoms with Crippen molar-refractivity contribution in [3.8, 4) is 22.6 Å². The fourth-order valence-electron chi connectivity index (χ4n) is 3.81. The Labute approximate surface area is 185 Å². The highest BCUT2D eigenvalue weighted by Crippen LogP contribution is 2.20. The van der Waals surface area contributed by atoms with Crippen molar-refractivity contribution in [2.24, 2.45) is 7.05 Å². The quantitative estimate of drug-likeness (QED) is 0.516. The molecule has 0 amide bonds. The number of rotatable bonds is 5. The van der Waals surface area contributed by atoms with Gasteiger partial charge in [0, 0.05) is 56.6 Å². The Balaban J connectivity index is 1.37. The summed E-state index contributed by atoms with van der Waals surface area (Å²) in [5.74, 6) is 0.662. The van der Waals surface area contributed by atoms with E-state index in [1.807, 2.05) is 49.9 Å². The largest absolute Gasteiger partial charge is 0.366 e. The standard InChI is InChI=1S/C23H24N8O/c1-29-16-19(12-27-29)21-5-6-22(32)31(28-21)15-17-3-2-4-18(11-17)23-25-13-20(14-26-23)30-9-7-24-8-10-30/h2-6,11-14,16,24H,7-10,15H2,1H3. The fraction of sp³-hybridized carbons (Fsp3) is 0.261. The van der Waals surface area contributed by atoms with E-state index in [1.54, 1.807) is 16.9 Å². The van der Waals surface area contributed by atoms with Crippen molar-refractivity contribution in [3.63, 3.8) is 0 Å². The average Bonchev–Trinajstić information content (AvgIpc) is 3.28. The number of aryl methyl sites for hydroxylation is 1. The molecule has 1 aliphatic rings. The molecule has 0 bridgehead atoms. The molecule has 1 N–H and O–H groups in total. The first-order valence-electron chi connectivity index (χ1n) is 10.6. The summed E-state index contributed by atoms with van der Waals surface area (Å²) in [5, 5.41) is 12.1. The van der Waals surface area contributed by atoms with Crippen LogP contribution in [0.4, 0.5) is 5.69 Å². The van der Waals surface area contributed by atoms with Gasteiger partial charge < -0.3 is 10.2 Å². The highest BCUT2D eigenvalue weighted by atomic mass is 16.1. The van der Waals surface area contributed by atoms with Gasteiger partial charge in [0.25, 0.3) is 5.56 Å². The molecule has 162 valence electrons. The second-order valence-corrected chi connectivity index (χ2v) is 7.82. The van der Waals surface area contributed by atoms with Crippen LogP contribution in [-0.4, -0.2) is 55.7 Å². The fourth-order valence-corrected chi connectivity index (χ4v) is 3.81. The first-order valence-corrected chi connectivity index (χ1v) is 10.6. The first-order chi connectivity index (χ1) is 15.7. The zero-order chi connectivity index (χ0) is 21.9. The Bertz CT molecular complexity index is 1270. The minimum atomic E-state index is -0.153. The summed E-state index contributed by atoms with van der Waals surface area (Å²) in [6.07, 6.45) is 7.37. The Morgan fingerprint density at radius 3 is 2.56 bits per heavy atom. The molecule has 9 heteroatoms. The van der Waals surface area contributed by atoms with Crippen LogP contribution < -0.4 is 15.8 Å². The number of piperazine rings is 1. The van der Waals surface area contributed by atoms with E-state index in [4.69, 9.17) is 0 Å². The van der Waals surface area contributed by atoms with Crippen molar-refractivity contribution in [2.45, 2.75) is 6.54 Å². The Morgan fingerprint density at radius 2 is 1.81 bits per heavy atom. The molecule has 0 spiro atoms. The highest BCUT2D eigenvalue weighted by molar-refractivity contribution is 5.58. The van der Waals surface area contributed by atoms with Crippen LogP contribution in [-0.2, 0) is 13.6 Å². The lowest BCUT2D eigenvalue weighted by Crippen LogP contribution is -2.43. The molecule has 1 aliphatic heterocycles. The van der Waals surface area contributed by atoms with E-state index in [1.165, 1.54) is 10.7 Å². The van der Waals surface area contributed by atoms with E-state index in [-0.39, 0.29) is 5.56 Å². The maximum Gasteiger partial charge on any atom is 0.267 e. The molecule has 9 nitrogen and oxygen atoms in total. The van der Waals surface area contributed by atoms with E-state index in [0.717, 1.165) is 48.6 Å². The van der Waals surface area contributed by atoms with Crippen LogP contribution >= 0.6 is 0 Å². The van der Waals surface area contributed by atoms with E-state index in [0.29, 0.717) is 18.1 Å². The molecule has 0 aliphatic carbocycles. The number of hydrogen-bond acceptors (Lipinski definition) is 7. The third-order valence-electron chi connectivity index (χ3n) is 5.51. The molecule has 4 aromatic rings. The summed E-state index contributed by atoms with van der Waals surface area (Å²) in [4.78, 5) is 23.8.